The van der Waals surface area contributed by atoms with Gasteiger partial charge in [0.25, 0.3) is 10.1 Å². The third-order valence-electron chi connectivity index (χ3n) is 9.05. The van der Waals surface area contributed by atoms with Gasteiger partial charge in [-0.15, -0.1) is 0 Å². The zero-order valence-corrected chi connectivity index (χ0v) is 32.2. The number of unbranched alkanes of at least 4 members (excludes halogenated alkanes) is 24. The number of hydrogen-bond acceptors (Lipinski definition) is 4. The maximum absolute atomic E-state index is 12.5. The molecule has 0 bridgehead atoms. The average molecular weight is 696 g/mol. The van der Waals surface area contributed by atoms with E-state index in [-0.39, 0.29) is 12.3 Å². The Morgan fingerprint density at radius 3 is 1.31 bits per heavy atom. The van der Waals surface area contributed by atoms with Crippen LogP contribution in [0.25, 0.3) is 0 Å². The number of hydrogen-bond donors (Lipinski definition) is 3. The fourth-order valence-electron chi connectivity index (χ4n) is 6.01. The van der Waals surface area contributed by atoms with E-state index in [1.165, 1.54) is 141 Å². The molecule has 282 valence electrons. The normalized spacial score (nSPS) is 13.7. The monoisotopic (exact) mass is 696 g/mol. The van der Waals surface area contributed by atoms with Crippen LogP contribution >= 0.6 is 0 Å². The molecule has 48 heavy (non-hydrogen) atoms. The van der Waals surface area contributed by atoms with E-state index in [1.807, 2.05) is 0 Å². The number of rotatable bonds is 36. The van der Waals surface area contributed by atoms with Crippen molar-refractivity contribution < 1.29 is 22.9 Å². The summed E-state index contributed by atoms with van der Waals surface area (Å²) in [5, 5.41) is 13.2. The van der Waals surface area contributed by atoms with Crippen molar-refractivity contribution in [3.05, 3.63) is 36.5 Å². The molecule has 0 aromatic rings. The Kier molecular flexibility index (Phi) is 34.3. The van der Waals surface area contributed by atoms with Crippen molar-refractivity contribution in [1.82, 2.24) is 5.32 Å². The Balaban J connectivity index is 4.00. The van der Waals surface area contributed by atoms with Crippen molar-refractivity contribution in [3.63, 3.8) is 0 Å². The van der Waals surface area contributed by atoms with Gasteiger partial charge in [-0.2, -0.15) is 8.42 Å². The summed E-state index contributed by atoms with van der Waals surface area (Å²) in [6, 6.07) is -1.08. The predicted octanol–water partition coefficient (Wildman–Crippen LogP) is 11.7. The van der Waals surface area contributed by atoms with Crippen LogP contribution in [-0.4, -0.2) is 41.9 Å². The number of amides is 1. The molecule has 3 N–H and O–H groups in total. The molecule has 0 radical (unpaired) electrons. The van der Waals surface area contributed by atoms with Crippen molar-refractivity contribution in [2.24, 2.45) is 0 Å². The van der Waals surface area contributed by atoms with Crippen molar-refractivity contribution in [1.29, 1.82) is 0 Å². The third kappa shape index (κ3) is 35.9. The van der Waals surface area contributed by atoms with Crippen LogP contribution in [-0.2, 0) is 14.9 Å². The van der Waals surface area contributed by atoms with Crippen LogP contribution in [0.4, 0.5) is 0 Å². The first-order valence-electron chi connectivity index (χ1n) is 20.2. The van der Waals surface area contributed by atoms with E-state index in [2.05, 4.69) is 43.5 Å². The molecule has 0 aliphatic heterocycles. The van der Waals surface area contributed by atoms with Crippen LogP contribution in [0.2, 0.25) is 0 Å². The van der Waals surface area contributed by atoms with Crippen molar-refractivity contribution in [2.75, 3.05) is 5.75 Å². The molecule has 1 amide bonds. The predicted molar refractivity (Wildman–Crippen MR) is 207 cm³/mol. The molecule has 7 heteroatoms. The quantitative estimate of drug-likeness (QED) is 0.0344. The Hall–Kier alpha value is -1.44. The van der Waals surface area contributed by atoms with Gasteiger partial charge in [0.2, 0.25) is 5.91 Å². The number of allylic oxidation sites excluding steroid dienone is 5. The molecule has 2 atom stereocenters. The lowest BCUT2D eigenvalue weighted by Gasteiger charge is -2.21. The summed E-state index contributed by atoms with van der Waals surface area (Å²) in [6.45, 7) is 4.52. The van der Waals surface area contributed by atoms with Crippen molar-refractivity contribution >= 4 is 16.0 Å². The summed E-state index contributed by atoms with van der Waals surface area (Å²) < 4.78 is 32.4. The molecule has 0 aromatic carbocycles. The van der Waals surface area contributed by atoms with Gasteiger partial charge >= 0.3 is 0 Å². The lowest BCUT2D eigenvalue weighted by atomic mass is 10.0. The first-order valence-corrected chi connectivity index (χ1v) is 21.8. The summed E-state index contributed by atoms with van der Waals surface area (Å²) in [7, 11) is -4.35. The first kappa shape index (κ1) is 46.6. The fraction of sp³-hybridized carbons (Fsp3) is 0.829. The van der Waals surface area contributed by atoms with E-state index in [1.54, 1.807) is 6.08 Å². The Bertz CT molecular complexity index is 899. The second-order valence-corrected chi connectivity index (χ2v) is 15.4. The molecule has 0 saturated heterocycles. The molecule has 0 saturated carbocycles. The second-order valence-electron chi connectivity index (χ2n) is 13.9. The highest BCUT2D eigenvalue weighted by atomic mass is 32.2. The van der Waals surface area contributed by atoms with Gasteiger partial charge in [0.1, 0.15) is 0 Å². The van der Waals surface area contributed by atoms with Gasteiger partial charge in [0, 0.05) is 6.42 Å². The van der Waals surface area contributed by atoms with Crippen LogP contribution in [0.1, 0.15) is 200 Å². The van der Waals surface area contributed by atoms with Crippen LogP contribution in [0.15, 0.2) is 36.5 Å². The average Bonchev–Trinajstić information content (AvgIpc) is 3.05. The Morgan fingerprint density at radius 2 is 0.896 bits per heavy atom. The van der Waals surface area contributed by atoms with Gasteiger partial charge in [-0.3, -0.25) is 9.35 Å². The second kappa shape index (κ2) is 35.4. The fourth-order valence-corrected chi connectivity index (χ4v) is 6.74. The molecule has 0 spiro atoms. The van der Waals surface area contributed by atoms with E-state index < -0.39 is 28.0 Å². The first-order chi connectivity index (χ1) is 23.3. The number of aliphatic hydroxyl groups is 1. The minimum absolute atomic E-state index is 0.287. The zero-order valence-electron chi connectivity index (χ0n) is 31.4. The molecule has 0 aliphatic carbocycles. The van der Waals surface area contributed by atoms with Crippen molar-refractivity contribution in [3.8, 4) is 0 Å². The summed E-state index contributed by atoms with van der Waals surface area (Å²) in [4.78, 5) is 12.5. The minimum atomic E-state index is -4.35. The molecular weight excluding hydrogens is 619 g/mol. The molecule has 0 heterocycles. The van der Waals surface area contributed by atoms with Crippen LogP contribution in [0, 0.1) is 0 Å². The maximum Gasteiger partial charge on any atom is 0.267 e. The minimum Gasteiger partial charge on any atom is -0.387 e. The number of aliphatic hydroxyl groups excluding tert-OH is 1. The highest BCUT2D eigenvalue weighted by molar-refractivity contribution is 7.85. The van der Waals surface area contributed by atoms with Crippen LogP contribution in [0.5, 0.6) is 0 Å². The SMILES string of the molecule is CCCCCCCCCCC/C=C/CC/C=C/CC/C=C/C(O)C(CS(=O)(=O)O)NC(=O)CCCCCCCCCCCCCCCC. The van der Waals surface area contributed by atoms with E-state index in [0.717, 1.165) is 38.5 Å². The van der Waals surface area contributed by atoms with Gasteiger partial charge in [0.15, 0.2) is 0 Å². The molecule has 6 nitrogen and oxygen atoms in total. The maximum atomic E-state index is 12.5. The molecular formula is C41H77NO5S. The molecule has 2 unspecified atom stereocenters. The Labute approximate surface area is 297 Å². The number of nitrogens with one attached hydrogen (secondary N) is 1. The van der Waals surface area contributed by atoms with Crippen LogP contribution in [0.3, 0.4) is 0 Å². The highest BCUT2D eigenvalue weighted by Gasteiger charge is 2.24. The van der Waals surface area contributed by atoms with Gasteiger partial charge in [-0.1, -0.05) is 185 Å². The highest BCUT2D eigenvalue weighted by Crippen LogP contribution is 2.14. The molecule has 0 fully saturated rings. The standard InChI is InChI=1S/C41H77NO5S/c1-3-5-7-9-11-13-15-17-19-20-21-22-23-24-26-28-30-32-34-36-40(43)39(38-48(45,46)47)42-41(44)37-35-33-31-29-27-25-18-16-14-12-10-8-6-4-2/h21-22,26,28,34,36,39-40,43H,3-20,23-25,27,29-33,35,37-38H2,1-2H3,(H,42,44)(H,45,46,47)/b22-21+,28-26+,36-34+. The number of carbonyl (C=O) groups is 1. The Morgan fingerprint density at radius 1 is 0.542 bits per heavy atom. The lowest BCUT2D eigenvalue weighted by molar-refractivity contribution is -0.122. The van der Waals surface area contributed by atoms with Crippen molar-refractivity contribution in [2.45, 2.75) is 212 Å². The lowest BCUT2D eigenvalue weighted by Crippen LogP contribution is -2.46. The summed E-state index contributed by atoms with van der Waals surface area (Å²) in [5.74, 6) is -1.00. The van der Waals surface area contributed by atoms with E-state index in [0.29, 0.717) is 6.42 Å². The largest absolute Gasteiger partial charge is 0.387 e. The van der Waals surface area contributed by atoms with E-state index in [4.69, 9.17) is 0 Å². The number of carbonyl (C=O) groups excluding carboxylic acids is 1. The molecule has 0 aromatic heterocycles. The van der Waals surface area contributed by atoms with Gasteiger partial charge in [-0.05, 0) is 44.9 Å². The molecule has 0 rings (SSSR count). The third-order valence-corrected chi connectivity index (χ3v) is 9.83. The summed E-state index contributed by atoms with van der Waals surface area (Å²) >= 11 is 0. The van der Waals surface area contributed by atoms with Crippen LogP contribution < -0.4 is 5.32 Å². The van der Waals surface area contributed by atoms with E-state index >= 15 is 0 Å². The molecule has 0 aliphatic rings. The topological polar surface area (TPSA) is 104 Å². The van der Waals surface area contributed by atoms with Gasteiger partial charge in [-0.25, -0.2) is 0 Å². The van der Waals surface area contributed by atoms with Gasteiger partial charge < -0.3 is 10.4 Å². The summed E-state index contributed by atoms with van der Waals surface area (Å²) in [5.41, 5.74) is 0. The summed E-state index contributed by atoms with van der Waals surface area (Å²) in [6.07, 6.45) is 45.6. The smallest absolute Gasteiger partial charge is 0.267 e. The van der Waals surface area contributed by atoms with E-state index in [9.17, 15) is 22.9 Å². The zero-order chi connectivity index (χ0) is 35.4. The van der Waals surface area contributed by atoms with Gasteiger partial charge in [0.05, 0.1) is 17.9 Å².